The number of esters is 1. The summed E-state index contributed by atoms with van der Waals surface area (Å²) in [6.07, 6.45) is 2.12. The molecule has 6 nitrogen and oxygen atoms in total. The third kappa shape index (κ3) is 6.32. The smallest absolute Gasteiger partial charge is 0.306 e. The first-order valence-corrected chi connectivity index (χ1v) is 10.5. The van der Waals surface area contributed by atoms with Gasteiger partial charge in [-0.15, -0.1) is 0 Å². The molecular weight excluding hydrogens is 404 g/mol. The highest BCUT2D eigenvalue weighted by Gasteiger charge is 2.28. The number of carbonyl (C=O) groups excluding carboxylic acids is 3. The molecule has 1 aliphatic heterocycles. The minimum atomic E-state index is -0.782. The lowest BCUT2D eigenvalue weighted by atomic mass is 10.1. The number of halogens is 1. The monoisotopic (exact) mass is 428 g/mol. The highest BCUT2D eigenvalue weighted by atomic mass is 35.5. The Bertz CT molecular complexity index is 865. The normalized spacial score (nSPS) is 14.2. The largest absolute Gasteiger partial charge is 0.461 e. The van der Waals surface area contributed by atoms with Crippen molar-refractivity contribution in [3.05, 3.63) is 70.7 Å². The number of nitrogens with one attached hydrogen (secondary N) is 1. The fourth-order valence-electron chi connectivity index (χ4n) is 3.33. The van der Waals surface area contributed by atoms with E-state index in [0.29, 0.717) is 23.7 Å². The lowest BCUT2D eigenvalue weighted by Gasteiger charge is -2.24. The van der Waals surface area contributed by atoms with Gasteiger partial charge >= 0.3 is 5.97 Å². The van der Waals surface area contributed by atoms with E-state index in [4.69, 9.17) is 16.3 Å². The molecule has 0 radical (unpaired) electrons. The van der Waals surface area contributed by atoms with Crippen LogP contribution >= 0.6 is 11.6 Å². The number of likely N-dealkylation sites (tertiary alicyclic amines) is 1. The number of rotatable bonds is 8. The summed E-state index contributed by atoms with van der Waals surface area (Å²) in [5.41, 5.74) is 1.30. The molecule has 1 aliphatic rings. The molecule has 0 bridgehead atoms. The Morgan fingerprint density at radius 3 is 2.33 bits per heavy atom. The minimum Gasteiger partial charge on any atom is -0.461 e. The predicted octanol–water partition coefficient (Wildman–Crippen LogP) is 3.58. The van der Waals surface area contributed by atoms with E-state index in [1.165, 1.54) is 0 Å². The lowest BCUT2D eigenvalue weighted by molar-refractivity contribution is -0.145. The maximum atomic E-state index is 12.9. The Morgan fingerprint density at radius 1 is 1.00 bits per heavy atom. The molecule has 1 heterocycles. The van der Waals surface area contributed by atoms with Gasteiger partial charge in [0.05, 0.1) is 0 Å². The topological polar surface area (TPSA) is 75.7 Å². The first-order chi connectivity index (χ1) is 14.5. The second-order valence-corrected chi connectivity index (χ2v) is 7.69. The van der Waals surface area contributed by atoms with Crippen molar-refractivity contribution >= 4 is 29.4 Å². The maximum absolute atomic E-state index is 12.9. The van der Waals surface area contributed by atoms with Crippen molar-refractivity contribution in [3.63, 3.8) is 0 Å². The first-order valence-electron chi connectivity index (χ1n) is 10.1. The molecule has 2 amide bonds. The van der Waals surface area contributed by atoms with E-state index in [2.05, 4.69) is 5.32 Å². The van der Waals surface area contributed by atoms with Gasteiger partial charge in [0.25, 0.3) is 5.91 Å². The number of hydrogen-bond donors (Lipinski definition) is 1. The number of nitrogens with zero attached hydrogens (tertiary/aromatic N) is 1. The van der Waals surface area contributed by atoms with Crippen LogP contribution in [0.4, 0.5) is 0 Å². The van der Waals surface area contributed by atoms with E-state index in [9.17, 15) is 14.4 Å². The van der Waals surface area contributed by atoms with Gasteiger partial charge in [0.1, 0.15) is 12.6 Å². The van der Waals surface area contributed by atoms with Crippen LogP contribution in [0.2, 0.25) is 5.02 Å². The van der Waals surface area contributed by atoms with E-state index in [0.717, 1.165) is 18.4 Å². The molecule has 158 valence electrons. The molecule has 30 heavy (non-hydrogen) atoms. The van der Waals surface area contributed by atoms with E-state index in [1.807, 2.05) is 30.3 Å². The highest BCUT2D eigenvalue weighted by molar-refractivity contribution is 6.30. The standard InChI is InChI=1S/C23H25ClN2O4/c24-19-10-8-18(9-11-19)22(28)25-20(23(29)26-14-4-5-15-26)12-13-21(27)30-16-17-6-2-1-3-7-17/h1-3,6-11,20H,4-5,12-16H2,(H,25,28)/t20-/m0/s1. The average Bonchev–Trinajstić information content (AvgIpc) is 3.30. The zero-order chi connectivity index (χ0) is 21.3. The summed E-state index contributed by atoms with van der Waals surface area (Å²) in [5, 5.41) is 3.30. The highest BCUT2D eigenvalue weighted by Crippen LogP contribution is 2.14. The van der Waals surface area contributed by atoms with Gasteiger partial charge in [0, 0.05) is 30.1 Å². The second-order valence-electron chi connectivity index (χ2n) is 7.25. The molecule has 0 unspecified atom stereocenters. The molecule has 0 saturated carbocycles. The molecule has 0 spiro atoms. The molecular formula is C23H25ClN2O4. The first kappa shape index (κ1) is 21.8. The third-order valence-corrected chi connectivity index (χ3v) is 5.26. The van der Waals surface area contributed by atoms with Crippen LogP contribution in [0.3, 0.4) is 0 Å². The van der Waals surface area contributed by atoms with Crippen molar-refractivity contribution in [1.82, 2.24) is 10.2 Å². The SMILES string of the molecule is O=C(CC[C@H](NC(=O)c1ccc(Cl)cc1)C(=O)N1CCCC1)OCc1ccccc1. The van der Waals surface area contributed by atoms with Crippen molar-refractivity contribution < 1.29 is 19.1 Å². The molecule has 0 aliphatic carbocycles. The molecule has 2 aromatic carbocycles. The summed E-state index contributed by atoms with van der Waals surface area (Å²) in [5.74, 6) is -0.939. The number of benzene rings is 2. The zero-order valence-electron chi connectivity index (χ0n) is 16.7. The number of ether oxygens (including phenoxy) is 1. The Morgan fingerprint density at radius 2 is 1.67 bits per heavy atom. The van der Waals surface area contributed by atoms with Crippen molar-refractivity contribution in [2.24, 2.45) is 0 Å². The molecule has 1 saturated heterocycles. The Balaban J connectivity index is 1.59. The van der Waals surface area contributed by atoms with Gasteiger partial charge in [0.15, 0.2) is 0 Å². The van der Waals surface area contributed by atoms with Gasteiger partial charge in [-0.2, -0.15) is 0 Å². The summed E-state index contributed by atoms with van der Waals surface area (Å²) in [6.45, 7) is 1.52. The minimum absolute atomic E-state index is 0.0397. The zero-order valence-corrected chi connectivity index (χ0v) is 17.4. The van der Waals surface area contributed by atoms with Crippen LogP contribution in [0.25, 0.3) is 0 Å². The van der Waals surface area contributed by atoms with Crippen LogP contribution in [0, 0.1) is 0 Å². The molecule has 3 rings (SSSR count). The summed E-state index contributed by atoms with van der Waals surface area (Å²) in [6, 6.07) is 15.0. The van der Waals surface area contributed by atoms with Crippen LogP contribution in [0.5, 0.6) is 0 Å². The molecule has 1 fully saturated rings. The fourth-order valence-corrected chi connectivity index (χ4v) is 3.46. The van der Waals surface area contributed by atoms with Crippen LogP contribution < -0.4 is 5.32 Å². The molecule has 1 N–H and O–H groups in total. The van der Waals surface area contributed by atoms with Crippen molar-refractivity contribution in [3.8, 4) is 0 Å². The molecule has 7 heteroatoms. The molecule has 1 atom stereocenters. The Labute approximate surface area is 181 Å². The number of carbonyl (C=O) groups is 3. The van der Waals surface area contributed by atoms with E-state index in [1.54, 1.807) is 29.2 Å². The summed E-state index contributed by atoms with van der Waals surface area (Å²) in [4.78, 5) is 39.4. The van der Waals surface area contributed by atoms with Crippen LogP contribution in [0.15, 0.2) is 54.6 Å². The Hall–Kier alpha value is -2.86. The quantitative estimate of drug-likeness (QED) is 0.652. The van der Waals surface area contributed by atoms with E-state index < -0.39 is 12.0 Å². The van der Waals surface area contributed by atoms with Crippen molar-refractivity contribution in [2.45, 2.75) is 38.3 Å². The van der Waals surface area contributed by atoms with Gasteiger partial charge in [-0.3, -0.25) is 14.4 Å². The van der Waals surface area contributed by atoms with Gasteiger partial charge in [-0.25, -0.2) is 0 Å². The summed E-state index contributed by atoms with van der Waals surface area (Å²) < 4.78 is 5.30. The fraction of sp³-hybridized carbons (Fsp3) is 0.348. The average molecular weight is 429 g/mol. The van der Waals surface area contributed by atoms with Gasteiger partial charge in [-0.05, 0) is 49.1 Å². The lowest BCUT2D eigenvalue weighted by Crippen LogP contribution is -2.48. The van der Waals surface area contributed by atoms with Crippen molar-refractivity contribution in [2.75, 3.05) is 13.1 Å². The van der Waals surface area contributed by atoms with Gasteiger partial charge in [0.2, 0.25) is 5.91 Å². The van der Waals surface area contributed by atoms with Crippen molar-refractivity contribution in [1.29, 1.82) is 0 Å². The second kappa shape index (κ2) is 10.8. The van der Waals surface area contributed by atoms with Gasteiger partial charge < -0.3 is 15.0 Å². The predicted molar refractivity (Wildman–Crippen MR) is 114 cm³/mol. The molecule has 2 aromatic rings. The summed E-state index contributed by atoms with van der Waals surface area (Å²) in [7, 11) is 0. The van der Waals surface area contributed by atoms with E-state index >= 15 is 0 Å². The van der Waals surface area contributed by atoms with Crippen LogP contribution in [0.1, 0.15) is 41.6 Å². The van der Waals surface area contributed by atoms with Gasteiger partial charge in [-0.1, -0.05) is 41.9 Å². The Kier molecular flexibility index (Phi) is 7.85. The van der Waals surface area contributed by atoms with E-state index in [-0.39, 0.29) is 31.3 Å². The van der Waals surface area contributed by atoms with Crippen LogP contribution in [-0.4, -0.2) is 41.8 Å². The summed E-state index contributed by atoms with van der Waals surface area (Å²) >= 11 is 5.87. The third-order valence-electron chi connectivity index (χ3n) is 5.01. The van der Waals surface area contributed by atoms with Crippen LogP contribution in [-0.2, 0) is 20.9 Å². The molecule has 0 aromatic heterocycles. The maximum Gasteiger partial charge on any atom is 0.306 e. The number of hydrogen-bond acceptors (Lipinski definition) is 4. The number of amides is 2.